The van der Waals surface area contributed by atoms with Crippen molar-refractivity contribution in [1.82, 2.24) is 5.01 Å². The van der Waals surface area contributed by atoms with Crippen LogP contribution in [0.15, 0.2) is 65.8 Å². The molecule has 0 radical (unpaired) electrons. The van der Waals surface area contributed by atoms with Gasteiger partial charge in [0.05, 0.1) is 18.8 Å². The highest BCUT2D eigenvalue weighted by Crippen LogP contribution is 2.36. The van der Waals surface area contributed by atoms with E-state index in [0.29, 0.717) is 6.04 Å². The summed E-state index contributed by atoms with van der Waals surface area (Å²) in [6.07, 6.45) is 6.32. The fourth-order valence-electron chi connectivity index (χ4n) is 3.47. The van der Waals surface area contributed by atoms with Gasteiger partial charge >= 0.3 is 0 Å². The number of ether oxygens (including phenoxy) is 1. The van der Waals surface area contributed by atoms with Gasteiger partial charge in [0.2, 0.25) is 0 Å². The maximum absolute atomic E-state index is 6.11. The summed E-state index contributed by atoms with van der Waals surface area (Å²) in [5, 5.41) is 6.90. The third-order valence-electron chi connectivity index (χ3n) is 5.03. The average Bonchev–Trinajstić information content (AvgIpc) is 3.29. The first-order valence-electron chi connectivity index (χ1n) is 8.89. The normalized spacial score (nSPS) is 26.2. The number of hydrogen-bond donors (Lipinski definition) is 0. The van der Waals surface area contributed by atoms with Crippen LogP contribution in [0.2, 0.25) is 0 Å². The molecule has 3 heteroatoms. The van der Waals surface area contributed by atoms with E-state index in [1.165, 1.54) is 11.1 Å². The lowest BCUT2D eigenvalue weighted by Gasteiger charge is -2.23. The second-order valence-electron chi connectivity index (χ2n) is 6.80. The zero-order valence-electron chi connectivity index (χ0n) is 14.0. The van der Waals surface area contributed by atoms with Crippen molar-refractivity contribution in [1.29, 1.82) is 0 Å². The Balaban J connectivity index is 1.39. The van der Waals surface area contributed by atoms with E-state index in [4.69, 9.17) is 9.84 Å². The van der Waals surface area contributed by atoms with Crippen LogP contribution in [0.3, 0.4) is 0 Å². The minimum absolute atomic E-state index is 0.181. The summed E-state index contributed by atoms with van der Waals surface area (Å²) in [5.74, 6) is 0. The van der Waals surface area contributed by atoms with Crippen LogP contribution in [0, 0.1) is 0 Å². The predicted octanol–water partition coefficient (Wildman–Crippen LogP) is 4.21. The van der Waals surface area contributed by atoms with Gasteiger partial charge in [-0.2, -0.15) is 5.10 Å². The van der Waals surface area contributed by atoms with Crippen molar-refractivity contribution in [3.63, 3.8) is 0 Å². The topological polar surface area (TPSA) is 24.6 Å². The van der Waals surface area contributed by atoms with Gasteiger partial charge in [0, 0.05) is 6.61 Å². The number of aryl methyl sites for hydroxylation is 1. The molecule has 0 aromatic heterocycles. The summed E-state index contributed by atoms with van der Waals surface area (Å²) in [4.78, 5) is 0. The zero-order valence-corrected chi connectivity index (χ0v) is 14.0. The monoisotopic (exact) mass is 320 g/mol. The summed E-state index contributed by atoms with van der Waals surface area (Å²) in [6, 6.07) is 21.7. The number of hydrazone groups is 1. The summed E-state index contributed by atoms with van der Waals surface area (Å²) >= 11 is 0. The number of rotatable bonds is 6. The van der Waals surface area contributed by atoms with Gasteiger partial charge < -0.3 is 4.74 Å². The van der Waals surface area contributed by atoms with Crippen LogP contribution in [0.4, 0.5) is 0 Å². The molecule has 24 heavy (non-hydrogen) atoms. The maximum Gasteiger partial charge on any atom is 0.105 e. The Morgan fingerprint density at radius 2 is 1.83 bits per heavy atom. The lowest BCUT2D eigenvalue weighted by Crippen LogP contribution is -2.30. The molecule has 2 heterocycles. The van der Waals surface area contributed by atoms with Crippen molar-refractivity contribution < 1.29 is 4.74 Å². The number of nitrogens with zero attached hydrogens (tertiary/aromatic N) is 2. The second-order valence-corrected chi connectivity index (χ2v) is 6.80. The number of benzene rings is 2. The largest absolute Gasteiger partial charge is 0.369 e. The molecular weight excluding hydrogens is 296 g/mol. The third-order valence-corrected chi connectivity index (χ3v) is 5.03. The third kappa shape index (κ3) is 3.51. The van der Waals surface area contributed by atoms with Gasteiger partial charge in [-0.15, -0.1) is 0 Å². The molecule has 0 bridgehead atoms. The van der Waals surface area contributed by atoms with Gasteiger partial charge in [-0.1, -0.05) is 60.7 Å². The Morgan fingerprint density at radius 1 is 1.08 bits per heavy atom. The quantitative estimate of drug-likeness (QED) is 0.588. The molecule has 2 saturated heterocycles. The van der Waals surface area contributed by atoms with Crippen LogP contribution < -0.4 is 0 Å². The molecule has 2 unspecified atom stereocenters. The average molecular weight is 320 g/mol. The molecule has 2 aromatic carbocycles. The van der Waals surface area contributed by atoms with Crippen molar-refractivity contribution in [2.75, 3.05) is 13.2 Å². The van der Waals surface area contributed by atoms with E-state index in [-0.39, 0.29) is 5.60 Å². The zero-order chi connectivity index (χ0) is 16.2. The molecule has 0 spiro atoms. The fourth-order valence-corrected chi connectivity index (χ4v) is 3.47. The van der Waals surface area contributed by atoms with Crippen molar-refractivity contribution in [3.8, 4) is 0 Å². The minimum atomic E-state index is -0.181. The van der Waals surface area contributed by atoms with E-state index in [1.54, 1.807) is 0 Å². The first-order valence-corrected chi connectivity index (χ1v) is 8.89. The Hall–Kier alpha value is -2.13. The molecule has 2 aliphatic heterocycles. The van der Waals surface area contributed by atoms with Crippen LogP contribution in [0.25, 0.3) is 0 Å². The molecule has 2 aliphatic rings. The van der Waals surface area contributed by atoms with Crippen molar-refractivity contribution in [3.05, 3.63) is 71.8 Å². The minimum Gasteiger partial charge on any atom is -0.369 e. The summed E-state index contributed by atoms with van der Waals surface area (Å²) in [6.45, 7) is 1.86. The van der Waals surface area contributed by atoms with Crippen LogP contribution >= 0.6 is 0 Å². The molecule has 0 N–H and O–H groups in total. The molecule has 4 rings (SSSR count). The van der Waals surface area contributed by atoms with Gasteiger partial charge in [0.25, 0.3) is 0 Å². The van der Waals surface area contributed by atoms with E-state index in [9.17, 15) is 0 Å². The Bertz CT molecular complexity index is 677. The summed E-state index contributed by atoms with van der Waals surface area (Å²) < 4.78 is 6.11. The van der Waals surface area contributed by atoms with E-state index < -0.39 is 0 Å². The van der Waals surface area contributed by atoms with Gasteiger partial charge in [-0.3, -0.25) is 5.01 Å². The fraction of sp³-hybridized carbons (Fsp3) is 0.381. The van der Waals surface area contributed by atoms with E-state index in [1.807, 2.05) is 0 Å². The molecular formula is C21H24N2O. The Labute approximate surface area is 144 Å². The highest BCUT2D eigenvalue weighted by atomic mass is 16.5. The van der Waals surface area contributed by atoms with Crippen LogP contribution in [0.1, 0.15) is 36.4 Å². The van der Waals surface area contributed by atoms with E-state index >= 15 is 0 Å². The standard InChI is InChI=1S/C21H24N2O/c1-3-8-18(9-4-1)12-14-21(13-7-15-24-21)17-22-23-16-20(23)19-10-5-2-6-11-19/h1-6,8-11,17,20H,7,12-16H2/b22-17+. The van der Waals surface area contributed by atoms with Crippen molar-refractivity contribution in [2.45, 2.75) is 37.3 Å². The molecule has 3 nitrogen and oxygen atoms in total. The van der Waals surface area contributed by atoms with Gasteiger partial charge in [-0.05, 0) is 36.8 Å². The SMILES string of the molecule is C(=N\N1CC1c1ccccc1)/C1(CCc2ccccc2)CCCO1. The van der Waals surface area contributed by atoms with E-state index in [0.717, 1.165) is 38.8 Å². The lowest BCUT2D eigenvalue weighted by molar-refractivity contribution is 0.0585. The first kappa shape index (κ1) is 15.4. The van der Waals surface area contributed by atoms with Gasteiger partial charge in [-0.25, -0.2) is 0 Å². The molecule has 2 aromatic rings. The van der Waals surface area contributed by atoms with Crippen LogP contribution in [-0.4, -0.2) is 30.0 Å². The predicted molar refractivity (Wildman–Crippen MR) is 97.1 cm³/mol. The highest BCUT2D eigenvalue weighted by molar-refractivity contribution is 5.69. The van der Waals surface area contributed by atoms with Gasteiger partial charge in [0.15, 0.2) is 0 Å². The Morgan fingerprint density at radius 3 is 2.54 bits per heavy atom. The molecule has 0 amide bonds. The molecule has 0 saturated carbocycles. The summed E-state index contributed by atoms with van der Waals surface area (Å²) in [5.41, 5.74) is 2.54. The van der Waals surface area contributed by atoms with E-state index in [2.05, 4.69) is 71.9 Å². The smallest absolute Gasteiger partial charge is 0.105 e. The number of hydrogen-bond acceptors (Lipinski definition) is 3. The molecule has 2 fully saturated rings. The van der Waals surface area contributed by atoms with Gasteiger partial charge in [0.1, 0.15) is 5.60 Å². The lowest BCUT2D eigenvalue weighted by atomic mass is 9.93. The molecule has 124 valence electrons. The van der Waals surface area contributed by atoms with Crippen molar-refractivity contribution >= 4 is 6.21 Å². The van der Waals surface area contributed by atoms with Crippen molar-refractivity contribution in [2.24, 2.45) is 5.10 Å². The molecule has 0 aliphatic carbocycles. The van der Waals surface area contributed by atoms with Crippen LogP contribution in [-0.2, 0) is 11.2 Å². The maximum atomic E-state index is 6.11. The molecule has 2 atom stereocenters. The Kier molecular flexibility index (Phi) is 4.35. The highest BCUT2D eigenvalue weighted by Gasteiger charge is 2.37. The van der Waals surface area contributed by atoms with Crippen LogP contribution in [0.5, 0.6) is 0 Å². The first-order chi connectivity index (χ1) is 11.8. The second kappa shape index (κ2) is 6.78. The summed E-state index contributed by atoms with van der Waals surface area (Å²) in [7, 11) is 0.